The minimum Gasteiger partial charge on any atom is -0.321 e. The maximum atomic E-state index is 12.9. The van der Waals surface area contributed by atoms with Gasteiger partial charge in [-0.1, -0.05) is 36.4 Å². The standard InChI is InChI=1S/C16H18FN/c1-12-5-3-4-6-13(12)11-16(2,18)14-7-9-15(17)10-8-14/h3-10H,11,18H2,1-2H3. The van der Waals surface area contributed by atoms with E-state index in [9.17, 15) is 4.39 Å². The average Bonchev–Trinajstić information content (AvgIpc) is 2.32. The summed E-state index contributed by atoms with van der Waals surface area (Å²) in [6.45, 7) is 4.06. The molecule has 2 rings (SSSR count). The number of hydrogen-bond donors (Lipinski definition) is 1. The molecule has 1 atom stereocenters. The summed E-state index contributed by atoms with van der Waals surface area (Å²) >= 11 is 0. The molecule has 0 aromatic heterocycles. The lowest BCUT2D eigenvalue weighted by Crippen LogP contribution is -2.35. The highest BCUT2D eigenvalue weighted by Gasteiger charge is 2.22. The Bertz CT molecular complexity index is 529. The van der Waals surface area contributed by atoms with Crippen molar-refractivity contribution in [2.45, 2.75) is 25.8 Å². The van der Waals surface area contributed by atoms with Gasteiger partial charge in [0.25, 0.3) is 0 Å². The summed E-state index contributed by atoms with van der Waals surface area (Å²) in [7, 11) is 0. The van der Waals surface area contributed by atoms with E-state index in [0.29, 0.717) is 0 Å². The largest absolute Gasteiger partial charge is 0.321 e. The summed E-state index contributed by atoms with van der Waals surface area (Å²) in [5, 5.41) is 0. The molecule has 0 bridgehead atoms. The van der Waals surface area contributed by atoms with Crippen molar-refractivity contribution < 1.29 is 4.39 Å². The lowest BCUT2D eigenvalue weighted by Gasteiger charge is -2.26. The number of halogens is 1. The zero-order chi connectivity index (χ0) is 13.2. The van der Waals surface area contributed by atoms with Crippen LogP contribution >= 0.6 is 0 Å². The van der Waals surface area contributed by atoms with Gasteiger partial charge in [0.1, 0.15) is 5.82 Å². The molecule has 18 heavy (non-hydrogen) atoms. The molecule has 2 aromatic carbocycles. The van der Waals surface area contributed by atoms with E-state index < -0.39 is 5.54 Å². The van der Waals surface area contributed by atoms with Crippen LogP contribution in [-0.2, 0) is 12.0 Å². The van der Waals surface area contributed by atoms with Gasteiger partial charge in [-0.25, -0.2) is 4.39 Å². The number of nitrogens with two attached hydrogens (primary N) is 1. The first-order chi connectivity index (χ1) is 8.49. The summed E-state index contributed by atoms with van der Waals surface area (Å²) in [6.07, 6.45) is 0.741. The van der Waals surface area contributed by atoms with Gasteiger partial charge < -0.3 is 5.73 Å². The van der Waals surface area contributed by atoms with Crippen molar-refractivity contribution in [2.24, 2.45) is 5.73 Å². The van der Waals surface area contributed by atoms with Crippen LogP contribution in [0, 0.1) is 12.7 Å². The van der Waals surface area contributed by atoms with Crippen LogP contribution in [0.5, 0.6) is 0 Å². The lowest BCUT2D eigenvalue weighted by atomic mass is 9.85. The summed E-state index contributed by atoms with van der Waals surface area (Å²) in [6, 6.07) is 14.6. The Morgan fingerprint density at radius 3 is 2.28 bits per heavy atom. The van der Waals surface area contributed by atoms with Crippen molar-refractivity contribution in [1.29, 1.82) is 0 Å². The highest BCUT2D eigenvalue weighted by molar-refractivity contribution is 5.31. The SMILES string of the molecule is Cc1ccccc1CC(C)(N)c1ccc(F)cc1. The third-order valence-corrected chi connectivity index (χ3v) is 3.32. The number of benzene rings is 2. The molecule has 0 aliphatic heterocycles. The molecule has 0 aliphatic carbocycles. The quantitative estimate of drug-likeness (QED) is 0.876. The second-order valence-electron chi connectivity index (χ2n) is 5.03. The van der Waals surface area contributed by atoms with Gasteiger partial charge in [0, 0.05) is 5.54 Å². The van der Waals surface area contributed by atoms with Crippen LogP contribution < -0.4 is 5.73 Å². The van der Waals surface area contributed by atoms with Gasteiger partial charge in [-0.15, -0.1) is 0 Å². The molecule has 2 N–H and O–H groups in total. The Morgan fingerprint density at radius 2 is 1.67 bits per heavy atom. The number of aryl methyl sites for hydroxylation is 1. The van der Waals surface area contributed by atoms with E-state index in [1.165, 1.54) is 23.3 Å². The fraction of sp³-hybridized carbons (Fsp3) is 0.250. The van der Waals surface area contributed by atoms with Gasteiger partial charge in [0.05, 0.1) is 0 Å². The summed E-state index contributed by atoms with van der Waals surface area (Å²) in [4.78, 5) is 0. The summed E-state index contributed by atoms with van der Waals surface area (Å²) < 4.78 is 12.9. The van der Waals surface area contributed by atoms with Gasteiger partial charge in [0.15, 0.2) is 0 Å². The number of rotatable bonds is 3. The van der Waals surface area contributed by atoms with E-state index >= 15 is 0 Å². The zero-order valence-corrected chi connectivity index (χ0v) is 10.8. The molecule has 0 heterocycles. The van der Waals surface area contributed by atoms with Crippen LogP contribution in [0.4, 0.5) is 4.39 Å². The molecule has 0 radical (unpaired) electrons. The maximum absolute atomic E-state index is 12.9. The van der Waals surface area contributed by atoms with Gasteiger partial charge in [-0.3, -0.25) is 0 Å². The highest BCUT2D eigenvalue weighted by atomic mass is 19.1. The smallest absolute Gasteiger partial charge is 0.123 e. The summed E-state index contributed by atoms with van der Waals surface area (Å²) in [5.74, 6) is -0.231. The molecule has 94 valence electrons. The van der Waals surface area contributed by atoms with Gasteiger partial charge in [0.2, 0.25) is 0 Å². The molecule has 0 fully saturated rings. The third-order valence-electron chi connectivity index (χ3n) is 3.32. The Hall–Kier alpha value is -1.67. The topological polar surface area (TPSA) is 26.0 Å². The van der Waals surface area contributed by atoms with Crippen LogP contribution in [0.2, 0.25) is 0 Å². The van der Waals surface area contributed by atoms with E-state index in [1.807, 2.05) is 19.1 Å². The van der Waals surface area contributed by atoms with Crippen LogP contribution in [0.3, 0.4) is 0 Å². The minimum atomic E-state index is -0.486. The van der Waals surface area contributed by atoms with Gasteiger partial charge in [-0.05, 0) is 49.1 Å². The fourth-order valence-electron chi connectivity index (χ4n) is 2.14. The molecule has 1 nitrogen and oxygen atoms in total. The normalized spacial score (nSPS) is 14.2. The molecular weight excluding hydrogens is 225 g/mol. The zero-order valence-electron chi connectivity index (χ0n) is 10.8. The molecule has 0 amide bonds. The Morgan fingerprint density at radius 1 is 1.06 bits per heavy atom. The molecule has 0 spiro atoms. The number of hydrogen-bond acceptors (Lipinski definition) is 1. The lowest BCUT2D eigenvalue weighted by molar-refractivity contribution is 0.489. The second-order valence-corrected chi connectivity index (χ2v) is 5.03. The van der Waals surface area contributed by atoms with Crippen molar-refractivity contribution in [2.75, 3.05) is 0 Å². The highest BCUT2D eigenvalue weighted by Crippen LogP contribution is 2.24. The average molecular weight is 243 g/mol. The fourth-order valence-corrected chi connectivity index (χ4v) is 2.14. The summed E-state index contributed by atoms with van der Waals surface area (Å²) in [5.41, 5.74) is 9.29. The van der Waals surface area contributed by atoms with Crippen molar-refractivity contribution in [1.82, 2.24) is 0 Å². The van der Waals surface area contributed by atoms with Crippen molar-refractivity contribution in [3.05, 3.63) is 71.0 Å². The van der Waals surface area contributed by atoms with E-state index in [2.05, 4.69) is 19.1 Å². The molecule has 2 heteroatoms. The molecular formula is C16H18FN. The van der Waals surface area contributed by atoms with Crippen LogP contribution in [0.25, 0.3) is 0 Å². The third kappa shape index (κ3) is 2.77. The van der Waals surface area contributed by atoms with Gasteiger partial charge in [-0.2, -0.15) is 0 Å². The van der Waals surface area contributed by atoms with E-state index in [0.717, 1.165) is 12.0 Å². The molecule has 2 aromatic rings. The molecule has 1 unspecified atom stereocenters. The predicted octanol–water partition coefficient (Wildman–Crippen LogP) is 3.55. The Kier molecular flexibility index (Phi) is 3.48. The van der Waals surface area contributed by atoms with Crippen LogP contribution in [-0.4, -0.2) is 0 Å². The van der Waals surface area contributed by atoms with Crippen molar-refractivity contribution >= 4 is 0 Å². The molecule has 0 saturated heterocycles. The first-order valence-corrected chi connectivity index (χ1v) is 6.08. The minimum absolute atomic E-state index is 0.231. The molecule has 0 saturated carbocycles. The predicted molar refractivity (Wildman–Crippen MR) is 72.8 cm³/mol. The Labute approximate surface area is 107 Å². The second kappa shape index (κ2) is 4.91. The van der Waals surface area contributed by atoms with E-state index in [1.54, 1.807) is 12.1 Å². The first-order valence-electron chi connectivity index (χ1n) is 6.08. The van der Waals surface area contributed by atoms with Crippen molar-refractivity contribution in [3.63, 3.8) is 0 Å². The molecule has 0 aliphatic rings. The van der Waals surface area contributed by atoms with E-state index in [4.69, 9.17) is 5.73 Å². The van der Waals surface area contributed by atoms with Gasteiger partial charge >= 0.3 is 0 Å². The maximum Gasteiger partial charge on any atom is 0.123 e. The monoisotopic (exact) mass is 243 g/mol. The van der Waals surface area contributed by atoms with Crippen LogP contribution in [0.15, 0.2) is 48.5 Å². The first kappa shape index (κ1) is 12.8. The Balaban J connectivity index is 2.27. The van der Waals surface area contributed by atoms with Crippen LogP contribution in [0.1, 0.15) is 23.6 Å². The van der Waals surface area contributed by atoms with E-state index in [-0.39, 0.29) is 5.82 Å². The van der Waals surface area contributed by atoms with Crippen molar-refractivity contribution in [3.8, 4) is 0 Å².